The van der Waals surface area contributed by atoms with E-state index in [1.165, 1.54) is 141 Å². The minimum absolute atomic E-state index is 0.116. The fourth-order valence-electron chi connectivity index (χ4n) is 6.44. The van der Waals surface area contributed by atoms with E-state index >= 15 is 0 Å². The van der Waals surface area contributed by atoms with Crippen LogP contribution in [0.2, 0.25) is 8.87 Å². The molecule has 0 atom stereocenters. The third kappa shape index (κ3) is 34.1. The molecule has 0 heterocycles. The summed E-state index contributed by atoms with van der Waals surface area (Å²) in [5.41, 5.74) is 0. The summed E-state index contributed by atoms with van der Waals surface area (Å²) in [5, 5.41) is 0. The van der Waals surface area contributed by atoms with E-state index in [0.29, 0.717) is 12.8 Å². The molecule has 0 bridgehead atoms. The molecule has 0 rings (SSSR count). The third-order valence-electron chi connectivity index (χ3n) is 9.71. The first-order chi connectivity index (χ1) is 24.0. The van der Waals surface area contributed by atoms with E-state index in [1.54, 1.807) is 0 Å². The molecule has 0 aromatic heterocycles. The van der Waals surface area contributed by atoms with Gasteiger partial charge in [-0.15, -0.1) is 0 Å². The van der Waals surface area contributed by atoms with Crippen molar-refractivity contribution in [3.63, 3.8) is 0 Å². The van der Waals surface area contributed by atoms with Crippen molar-refractivity contribution in [2.45, 2.75) is 242 Å². The van der Waals surface area contributed by atoms with Crippen molar-refractivity contribution in [3.8, 4) is 0 Å². The molecule has 5 heteroatoms. The van der Waals surface area contributed by atoms with Crippen molar-refractivity contribution in [2.75, 3.05) is 0 Å². The maximum absolute atomic E-state index is 13.0. The summed E-state index contributed by atoms with van der Waals surface area (Å²) in [6.45, 7) is 8.87. The summed E-state index contributed by atoms with van der Waals surface area (Å²) in [6, 6.07) is 0. The van der Waals surface area contributed by atoms with Crippen LogP contribution < -0.4 is 0 Å². The molecule has 0 aromatic rings. The molecule has 0 spiro atoms. The van der Waals surface area contributed by atoms with E-state index in [0.717, 1.165) is 60.2 Å². The first-order valence-electron chi connectivity index (χ1n) is 21.8. The van der Waals surface area contributed by atoms with Crippen LogP contribution in [-0.2, 0) is 15.7 Å². The summed E-state index contributed by atoms with van der Waals surface area (Å²) in [7, 11) is 0. The monoisotopic (exact) mass is 797 g/mol. The van der Waals surface area contributed by atoms with Crippen LogP contribution in [0.4, 0.5) is 0 Å². The average molecular weight is 796 g/mol. The van der Waals surface area contributed by atoms with E-state index in [1.807, 2.05) is 0 Å². The van der Waals surface area contributed by atoms with Gasteiger partial charge in [0, 0.05) is 0 Å². The van der Waals surface area contributed by atoms with E-state index in [9.17, 15) is 9.59 Å². The summed E-state index contributed by atoms with van der Waals surface area (Å²) >= 11 is -3.82. The number of rotatable bonds is 38. The molecule has 0 amide bonds. The molecule has 49 heavy (non-hydrogen) atoms. The maximum atomic E-state index is 13.0. The van der Waals surface area contributed by atoms with Crippen molar-refractivity contribution in [3.05, 3.63) is 24.3 Å². The zero-order valence-electron chi connectivity index (χ0n) is 33.5. The van der Waals surface area contributed by atoms with Crippen molar-refractivity contribution >= 4 is 31.1 Å². The van der Waals surface area contributed by atoms with Crippen LogP contribution in [0.25, 0.3) is 0 Å². The van der Waals surface area contributed by atoms with E-state index < -0.39 is 19.2 Å². The Morgan fingerprint density at radius 2 is 0.633 bits per heavy atom. The molecular formula is C44H84O4Sn. The van der Waals surface area contributed by atoms with Gasteiger partial charge >= 0.3 is 222 Å². The molecule has 0 saturated carbocycles. The van der Waals surface area contributed by atoms with Gasteiger partial charge in [-0.1, -0.05) is 78.1 Å². The van der Waals surface area contributed by atoms with Gasteiger partial charge in [-0.05, 0) is 12.8 Å². The predicted molar refractivity (Wildman–Crippen MR) is 216 cm³/mol. The van der Waals surface area contributed by atoms with Gasteiger partial charge < -0.3 is 0 Å². The first kappa shape index (κ1) is 48.2. The molecule has 4 nitrogen and oxygen atoms in total. The van der Waals surface area contributed by atoms with Crippen molar-refractivity contribution in [2.24, 2.45) is 0 Å². The second kappa shape index (κ2) is 38.4. The van der Waals surface area contributed by atoms with Crippen LogP contribution in [0.5, 0.6) is 0 Å². The van der Waals surface area contributed by atoms with E-state index in [-0.39, 0.29) is 11.9 Å². The third-order valence-corrected chi connectivity index (χ3v) is 19.5. The zero-order chi connectivity index (χ0) is 35.9. The topological polar surface area (TPSA) is 52.6 Å². The Morgan fingerprint density at radius 3 is 0.939 bits per heavy atom. The number of carbonyl (C=O) groups excluding carboxylic acids is 2. The van der Waals surface area contributed by atoms with Gasteiger partial charge in [-0.25, -0.2) is 0 Å². The van der Waals surface area contributed by atoms with Crippen LogP contribution >= 0.6 is 0 Å². The van der Waals surface area contributed by atoms with Crippen LogP contribution in [0, 0.1) is 0 Å². The van der Waals surface area contributed by atoms with Crippen molar-refractivity contribution in [1.82, 2.24) is 0 Å². The van der Waals surface area contributed by atoms with Crippen LogP contribution in [0.3, 0.4) is 0 Å². The fraction of sp³-hybridized carbons (Fsp3) is 0.864. The Kier molecular flexibility index (Phi) is 37.8. The number of unbranched alkanes of at least 4 members (excludes halogenated alkanes) is 24. The van der Waals surface area contributed by atoms with Crippen LogP contribution in [0.15, 0.2) is 24.3 Å². The van der Waals surface area contributed by atoms with Gasteiger partial charge in [0.05, 0.1) is 0 Å². The molecule has 0 aliphatic carbocycles. The summed E-state index contributed by atoms with van der Waals surface area (Å²) in [4.78, 5) is 26.1. The predicted octanol–water partition coefficient (Wildman–Crippen LogP) is 15.2. The van der Waals surface area contributed by atoms with Crippen LogP contribution in [-0.4, -0.2) is 31.1 Å². The van der Waals surface area contributed by atoms with Gasteiger partial charge in [0.25, 0.3) is 0 Å². The standard InChI is InChI=1S/2C18H34O2.2C4H9.Sn/c2*1-2-3-4-5-6-7-8-9-10-11-12-13-14-15-16-17-18(19)20;2*1-3-4-2;/h2*9-10H,2-8,11-17H2,1H3,(H,19,20);2*1,3-4H2,2H3;/q;;;;+2/p-2/b10-9+;10-9-;;;. The molecule has 0 fully saturated rings. The summed E-state index contributed by atoms with van der Waals surface area (Å²) < 4.78 is 14.2. The van der Waals surface area contributed by atoms with Crippen molar-refractivity contribution < 1.29 is 15.7 Å². The molecule has 0 aromatic carbocycles. The van der Waals surface area contributed by atoms with Crippen molar-refractivity contribution in [1.29, 1.82) is 0 Å². The SMILES string of the molecule is CCCCCCCC/C=C\CCCCCCCC(=O)[O][Sn]([CH2]CCC)([CH2]CCC)[O]C(=O)CCCCCCC/C=C/CCCCCCCC. The van der Waals surface area contributed by atoms with Gasteiger partial charge in [0.2, 0.25) is 0 Å². The molecule has 0 saturated heterocycles. The molecule has 0 radical (unpaired) electrons. The van der Waals surface area contributed by atoms with Gasteiger partial charge in [0.15, 0.2) is 0 Å². The fourth-order valence-corrected chi connectivity index (χ4v) is 16.5. The van der Waals surface area contributed by atoms with Gasteiger partial charge in [0.1, 0.15) is 0 Å². The minimum atomic E-state index is -3.82. The van der Waals surface area contributed by atoms with Gasteiger partial charge in [-0.2, -0.15) is 0 Å². The second-order valence-electron chi connectivity index (χ2n) is 14.7. The molecular weight excluding hydrogens is 711 g/mol. The number of hydrogen-bond donors (Lipinski definition) is 0. The Morgan fingerprint density at radius 1 is 0.367 bits per heavy atom. The second-order valence-corrected chi connectivity index (χ2v) is 24.0. The minimum Gasteiger partial charge on any atom is -0.0654 e. The number of hydrogen-bond acceptors (Lipinski definition) is 4. The summed E-state index contributed by atoms with van der Waals surface area (Å²) in [6.07, 6.45) is 46.7. The molecule has 0 unspecified atom stereocenters. The summed E-state index contributed by atoms with van der Waals surface area (Å²) in [5.74, 6) is -0.232. The Labute approximate surface area is 311 Å². The molecule has 0 N–H and O–H groups in total. The number of carbonyl (C=O) groups is 2. The Balaban J connectivity index is 4.27. The Bertz CT molecular complexity index is 713. The molecule has 288 valence electrons. The first-order valence-corrected chi connectivity index (χ1v) is 28.1. The quantitative estimate of drug-likeness (QED) is 0.0355. The molecule has 0 aliphatic heterocycles. The molecule has 0 aliphatic rings. The zero-order valence-corrected chi connectivity index (χ0v) is 36.3. The van der Waals surface area contributed by atoms with Gasteiger partial charge in [-0.3, -0.25) is 0 Å². The normalized spacial score (nSPS) is 12.0. The van der Waals surface area contributed by atoms with Crippen LogP contribution in [0.1, 0.15) is 233 Å². The average Bonchev–Trinajstić information content (AvgIpc) is 3.09. The Hall–Kier alpha value is -0.781. The smallest absolute Gasteiger partial charge is 0.0654 e. The van der Waals surface area contributed by atoms with E-state index in [2.05, 4.69) is 52.0 Å². The number of allylic oxidation sites excluding steroid dienone is 4. The van der Waals surface area contributed by atoms with E-state index in [4.69, 9.17) is 6.15 Å².